The minimum Gasteiger partial charge on any atom is -0.381 e. The topological polar surface area (TPSA) is 81.5 Å². The molecule has 7 heteroatoms. The third kappa shape index (κ3) is 3.51. The average molecular weight is 313 g/mol. The number of ether oxygens (including phenoxy) is 1. The molecule has 1 amide bonds. The summed E-state index contributed by atoms with van der Waals surface area (Å²) >= 11 is 6.00. The number of hydrogen-bond acceptors (Lipinski definition) is 4. The number of rotatable bonds is 4. The fraction of sp³-hybridized carbons (Fsp3) is 0.500. The predicted molar refractivity (Wildman–Crippen MR) is 78.8 cm³/mol. The van der Waals surface area contributed by atoms with E-state index in [0.717, 1.165) is 5.56 Å². The molecule has 0 spiro atoms. The number of aryl methyl sites for hydroxylation is 1. The van der Waals surface area contributed by atoms with Gasteiger partial charge in [-0.1, -0.05) is 6.07 Å². The highest BCUT2D eigenvalue weighted by molar-refractivity contribution is 6.19. The molecule has 1 heterocycles. The van der Waals surface area contributed by atoms with Gasteiger partial charge in [-0.05, 0) is 31.4 Å². The SMILES string of the molecule is Cc1ccc([N+](=O)[O-])c(C(=O)NC2(CCl)CCOCC2)c1. The molecule has 0 saturated carbocycles. The van der Waals surface area contributed by atoms with Crippen molar-refractivity contribution < 1.29 is 14.5 Å². The first kappa shape index (κ1) is 15.7. The van der Waals surface area contributed by atoms with Crippen LogP contribution in [0.2, 0.25) is 0 Å². The van der Waals surface area contributed by atoms with Crippen molar-refractivity contribution in [3.05, 3.63) is 39.4 Å². The standard InChI is InChI=1S/C14H17ClN2O4/c1-10-2-3-12(17(19)20)11(8-10)13(18)16-14(9-15)4-6-21-7-5-14/h2-3,8H,4-7,9H2,1H3,(H,16,18). The summed E-state index contributed by atoms with van der Waals surface area (Å²) < 4.78 is 5.28. The second-order valence-corrected chi connectivity index (χ2v) is 5.53. The van der Waals surface area contributed by atoms with Gasteiger partial charge in [-0.25, -0.2) is 0 Å². The van der Waals surface area contributed by atoms with Crippen LogP contribution in [-0.4, -0.2) is 35.5 Å². The van der Waals surface area contributed by atoms with Crippen molar-refractivity contribution >= 4 is 23.2 Å². The summed E-state index contributed by atoms with van der Waals surface area (Å²) in [6.07, 6.45) is 1.20. The molecule has 0 aliphatic carbocycles. The summed E-state index contributed by atoms with van der Waals surface area (Å²) in [7, 11) is 0. The van der Waals surface area contributed by atoms with Crippen LogP contribution in [0.3, 0.4) is 0 Å². The van der Waals surface area contributed by atoms with E-state index in [0.29, 0.717) is 26.1 Å². The highest BCUT2D eigenvalue weighted by Crippen LogP contribution is 2.25. The molecule has 1 saturated heterocycles. The van der Waals surface area contributed by atoms with Gasteiger partial charge in [0.15, 0.2) is 0 Å². The predicted octanol–water partition coefficient (Wildman–Crippen LogP) is 2.42. The largest absolute Gasteiger partial charge is 0.381 e. The van der Waals surface area contributed by atoms with Crippen LogP contribution in [0, 0.1) is 17.0 Å². The highest BCUT2D eigenvalue weighted by atomic mass is 35.5. The van der Waals surface area contributed by atoms with E-state index in [-0.39, 0.29) is 17.1 Å². The molecule has 0 aromatic heterocycles. The summed E-state index contributed by atoms with van der Waals surface area (Å²) in [5.74, 6) is -0.213. The normalized spacial score (nSPS) is 17.2. The van der Waals surface area contributed by atoms with Crippen LogP contribution in [0.1, 0.15) is 28.8 Å². The van der Waals surface area contributed by atoms with E-state index >= 15 is 0 Å². The lowest BCUT2D eigenvalue weighted by atomic mass is 9.91. The Morgan fingerprint density at radius 3 is 2.71 bits per heavy atom. The minimum atomic E-state index is -0.561. The Morgan fingerprint density at radius 1 is 1.48 bits per heavy atom. The fourth-order valence-electron chi connectivity index (χ4n) is 2.35. The maximum atomic E-state index is 12.4. The van der Waals surface area contributed by atoms with Crippen LogP contribution in [0.5, 0.6) is 0 Å². The molecule has 114 valence electrons. The molecule has 0 radical (unpaired) electrons. The molecular formula is C14H17ClN2O4. The van der Waals surface area contributed by atoms with Crippen molar-refractivity contribution in [3.63, 3.8) is 0 Å². The number of amides is 1. The first-order valence-electron chi connectivity index (χ1n) is 6.69. The van der Waals surface area contributed by atoms with Gasteiger partial charge in [0, 0.05) is 25.2 Å². The monoisotopic (exact) mass is 312 g/mol. The lowest BCUT2D eigenvalue weighted by molar-refractivity contribution is -0.385. The number of alkyl halides is 1. The zero-order valence-electron chi connectivity index (χ0n) is 11.7. The molecule has 0 atom stereocenters. The third-order valence-electron chi connectivity index (χ3n) is 3.68. The molecular weight excluding hydrogens is 296 g/mol. The highest BCUT2D eigenvalue weighted by Gasteiger charge is 2.35. The van der Waals surface area contributed by atoms with E-state index in [1.165, 1.54) is 12.1 Å². The Hall–Kier alpha value is -1.66. The van der Waals surface area contributed by atoms with Crippen molar-refractivity contribution in [2.75, 3.05) is 19.1 Å². The summed E-state index contributed by atoms with van der Waals surface area (Å²) in [6, 6.07) is 4.48. The number of benzene rings is 1. The van der Waals surface area contributed by atoms with Gasteiger partial charge in [0.2, 0.25) is 0 Å². The van der Waals surface area contributed by atoms with Crippen LogP contribution in [0.25, 0.3) is 0 Å². The first-order chi connectivity index (χ1) is 9.97. The molecule has 1 aromatic carbocycles. The van der Waals surface area contributed by atoms with Gasteiger partial charge in [-0.15, -0.1) is 11.6 Å². The average Bonchev–Trinajstić information content (AvgIpc) is 2.47. The molecule has 1 aliphatic heterocycles. The van der Waals surface area contributed by atoms with E-state index < -0.39 is 16.4 Å². The minimum absolute atomic E-state index is 0.0657. The maximum absolute atomic E-state index is 12.4. The zero-order chi connectivity index (χ0) is 15.5. The van der Waals surface area contributed by atoms with Gasteiger partial charge in [0.05, 0.1) is 10.5 Å². The summed E-state index contributed by atoms with van der Waals surface area (Å²) in [5, 5.41) is 13.9. The van der Waals surface area contributed by atoms with Crippen LogP contribution < -0.4 is 5.32 Å². The van der Waals surface area contributed by atoms with Crippen LogP contribution in [0.15, 0.2) is 18.2 Å². The summed E-state index contributed by atoms with van der Waals surface area (Å²) in [5.41, 5.74) is 0.0950. The van der Waals surface area contributed by atoms with Crippen LogP contribution in [-0.2, 0) is 4.74 Å². The van der Waals surface area contributed by atoms with Crippen molar-refractivity contribution in [1.29, 1.82) is 0 Å². The third-order valence-corrected chi connectivity index (χ3v) is 4.19. The van der Waals surface area contributed by atoms with Gasteiger partial charge < -0.3 is 10.1 Å². The van der Waals surface area contributed by atoms with Crippen molar-refractivity contribution in [3.8, 4) is 0 Å². The summed E-state index contributed by atoms with van der Waals surface area (Å²) in [6.45, 7) is 2.82. The number of hydrogen-bond donors (Lipinski definition) is 1. The van der Waals surface area contributed by atoms with Crippen LogP contribution >= 0.6 is 11.6 Å². The Bertz CT molecular complexity index is 556. The number of carbonyl (C=O) groups excluding carboxylic acids is 1. The Kier molecular flexibility index (Phi) is 4.80. The smallest absolute Gasteiger partial charge is 0.282 e. The molecule has 1 N–H and O–H groups in total. The zero-order valence-corrected chi connectivity index (χ0v) is 12.5. The van der Waals surface area contributed by atoms with Crippen molar-refractivity contribution in [1.82, 2.24) is 5.32 Å². The van der Waals surface area contributed by atoms with Crippen LogP contribution in [0.4, 0.5) is 5.69 Å². The summed E-state index contributed by atoms with van der Waals surface area (Å²) in [4.78, 5) is 22.9. The molecule has 2 rings (SSSR count). The lowest BCUT2D eigenvalue weighted by Crippen LogP contribution is -2.53. The second kappa shape index (κ2) is 6.41. The number of nitrogens with one attached hydrogen (secondary N) is 1. The van der Waals surface area contributed by atoms with Gasteiger partial charge in [0.1, 0.15) is 5.56 Å². The molecule has 21 heavy (non-hydrogen) atoms. The Balaban J connectivity index is 2.27. The van der Waals surface area contributed by atoms with E-state index in [9.17, 15) is 14.9 Å². The molecule has 1 aliphatic rings. The maximum Gasteiger partial charge on any atom is 0.282 e. The Morgan fingerprint density at radius 2 is 2.14 bits per heavy atom. The van der Waals surface area contributed by atoms with E-state index in [2.05, 4.69) is 5.32 Å². The molecule has 6 nitrogen and oxygen atoms in total. The van der Waals surface area contributed by atoms with Gasteiger partial charge in [-0.2, -0.15) is 0 Å². The number of nitrogens with zero attached hydrogens (tertiary/aromatic N) is 1. The number of halogens is 1. The van der Waals surface area contributed by atoms with Crippen molar-refractivity contribution in [2.45, 2.75) is 25.3 Å². The first-order valence-corrected chi connectivity index (χ1v) is 7.22. The lowest BCUT2D eigenvalue weighted by Gasteiger charge is -2.36. The fourth-order valence-corrected chi connectivity index (χ4v) is 2.69. The quantitative estimate of drug-likeness (QED) is 0.526. The molecule has 0 bridgehead atoms. The molecule has 1 fully saturated rings. The van der Waals surface area contributed by atoms with E-state index in [4.69, 9.17) is 16.3 Å². The Labute approximate surface area is 127 Å². The number of nitro groups is 1. The van der Waals surface area contributed by atoms with E-state index in [1.807, 2.05) is 0 Å². The van der Waals surface area contributed by atoms with Gasteiger partial charge >= 0.3 is 0 Å². The molecule has 0 unspecified atom stereocenters. The van der Waals surface area contributed by atoms with Gasteiger partial charge in [0.25, 0.3) is 11.6 Å². The number of carbonyl (C=O) groups is 1. The second-order valence-electron chi connectivity index (χ2n) is 5.26. The number of nitro benzene ring substituents is 1. The van der Waals surface area contributed by atoms with Gasteiger partial charge in [-0.3, -0.25) is 14.9 Å². The van der Waals surface area contributed by atoms with E-state index in [1.54, 1.807) is 13.0 Å². The molecule has 1 aromatic rings. The van der Waals surface area contributed by atoms with Crippen molar-refractivity contribution in [2.24, 2.45) is 0 Å².